The Kier molecular flexibility index (Phi) is 4.58. The Hall–Kier alpha value is -1.36. The third-order valence-electron chi connectivity index (χ3n) is 3.75. The second-order valence-electron chi connectivity index (χ2n) is 5.18. The molecule has 1 aromatic heterocycles. The Morgan fingerprint density at radius 2 is 2.16 bits per heavy atom. The maximum Gasteiger partial charge on any atom is 0.327 e. The number of nitrogens with one attached hydrogen (secondary N) is 2. The molecule has 1 saturated carbocycles. The highest BCUT2D eigenvalue weighted by Gasteiger charge is 2.30. The number of hydrogen-bond donors (Lipinski definition) is 2. The maximum absolute atomic E-state index is 12.2. The first-order chi connectivity index (χ1) is 9.13. The molecule has 19 heavy (non-hydrogen) atoms. The SMILES string of the molecule is CCOC(=O)C(NC1CCCC1)c1c(C)n[nH]c1C. The lowest BCUT2D eigenvalue weighted by Gasteiger charge is -2.22. The summed E-state index contributed by atoms with van der Waals surface area (Å²) in [6, 6.07) is 0.00454. The third kappa shape index (κ3) is 3.15. The van der Waals surface area contributed by atoms with Crippen LogP contribution in [0.4, 0.5) is 0 Å². The van der Waals surface area contributed by atoms with Crippen molar-refractivity contribution in [2.24, 2.45) is 0 Å². The van der Waals surface area contributed by atoms with Crippen molar-refractivity contribution < 1.29 is 9.53 Å². The van der Waals surface area contributed by atoms with E-state index in [9.17, 15) is 4.79 Å². The fourth-order valence-electron chi connectivity index (χ4n) is 2.81. The number of aryl methyl sites for hydroxylation is 2. The van der Waals surface area contributed by atoms with Crippen LogP contribution in [0.3, 0.4) is 0 Å². The van der Waals surface area contributed by atoms with Crippen LogP contribution < -0.4 is 5.32 Å². The van der Waals surface area contributed by atoms with E-state index in [0.717, 1.165) is 29.8 Å². The van der Waals surface area contributed by atoms with Gasteiger partial charge in [-0.25, -0.2) is 4.79 Å². The second-order valence-corrected chi connectivity index (χ2v) is 5.18. The van der Waals surface area contributed by atoms with Gasteiger partial charge in [-0.3, -0.25) is 10.4 Å². The first kappa shape index (κ1) is 14.1. The number of esters is 1. The number of aromatic nitrogens is 2. The zero-order chi connectivity index (χ0) is 13.8. The minimum absolute atomic E-state index is 0.206. The van der Waals surface area contributed by atoms with Gasteiger partial charge in [-0.15, -0.1) is 0 Å². The van der Waals surface area contributed by atoms with E-state index >= 15 is 0 Å². The van der Waals surface area contributed by atoms with E-state index in [0.29, 0.717) is 12.6 Å². The van der Waals surface area contributed by atoms with Crippen LogP contribution in [0.2, 0.25) is 0 Å². The summed E-state index contributed by atoms with van der Waals surface area (Å²) in [6.45, 7) is 6.09. The molecule has 0 spiro atoms. The number of carbonyl (C=O) groups excluding carboxylic acids is 1. The molecular formula is C14H23N3O2. The number of ether oxygens (including phenoxy) is 1. The Morgan fingerprint density at radius 1 is 1.47 bits per heavy atom. The van der Waals surface area contributed by atoms with Crippen molar-refractivity contribution in [3.63, 3.8) is 0 Å². The maximum atomic E-state index is 12.2. The van der Waals surface area contributed by atoms with Crippen LogP contribution in [0.15, 0.2) is 0 Å². The van der Waals surface area contributed by atoms with Crippen molar-refractivity contribution in [3.8, 4) is 0 Å². The molecule has 5 heteroatoms. The number of nitrogens with zero attached hydrogens (tertiary/aromatic N) is 1. The Bertz CT molecular complexity index is 416. The molecule has 1 atom stereocenters. The fraction of sp³-hybridized carbons (Fsp3) is 0.714. The fourth-order valence-corrected chi connectivity index (χ4v) is 2.81. The number of aromatic amines is 1. The van der Waals surface area contributed by atoms with Crippen molar-refractivity contribution >= 4 is 5.97 Å². The van der Waals surface area contributed by atoms with Crippen LogP contribution >= 0.6 is 0 Å². The Balaban J connectivity index is 2.20. The number of hydrogen-bond acceptors (Lipinski definition) is 4. The average Bonchev–Trinajstić information content (AvgIpc) is 2.98. The smallest absolute Gasteiger partial charge is 0.327 e. The van der Waals surface area contributed by atoms with E-state index in [4.69, 9.17) is 4.74 Å². The molecule has 1 heterocycles. The summed E-state index contributed by atoms with van der Waals surface area (Å²) in [6.07, 6.45) is 4.73. The summed E-state index contributed by atoms with van der Waals surface area (Å²) in [5.74, 6) is -0.206. The van der Waals surface area contributed by atoms with E-state index in [1.165, 1.54) is 12.8 Å². The first-order valence-corrected chi connectivity index (χ1v) is 7.07. The van der Waals surface area contributed by atoms with Crippen LogP contribution in [0.1, 0.15) is 55.6 Å². The van der Waals surface area contributed by atoms with E-state index in [2.05, 4.69) is 15.5 Å². The predicted octanol–water partition coefficient (Wildman–Crippen LogP) is 2.16. The monoisotopic (exact) mass is 265 g/mol. The second kappa shape index (κ2) is 6.19. The van der Waals surface area contributed by atoms with Gasteiger partial charge < -0.3 is 4.74 Å². The lowest BCUT2D eigenvalue weighted by atomic mass is 10.0. The minimum Gasteiger partial charge on any atom is -0.465 e. The highest BCUT2D eigenvalue weighted by molar-refractivity contribution is 5.78. The van der Waals surface area contributed by atoms with Gasteiger partial charge >= 0.3 is 5.97 Å². The van der Waals surface area contributed by atoms with Gasteiger partial charge in [-0.05, 0) is 33.6 Å². The summed E-state index contributed by atoms with van der Waals surface area (Å²) in [7, 11) is 0. The molecule has 1 aromatic rings. The lowest BCUT2D eigenvalue weighted by molar-refractivity contribution is -0.146. The van der Waals surface area contributed by atoms with Gasteiger partial charge in [0.05, 0.1) is 12.3 Å². The number of H-pyrrole nitrogens is 1. The van der Waals surface area contributed by atoms with E-state index in [1.807, 2.05) is 20.8 Å². The Morgan fingerprint density at radius 3 is 2.68 bits per heavy atom. The average molecular weight is 265 g/mol. The molecule has 1 aliphatic carbocycles. The predicted molar refractivity (Wildman–Crippen MR) is 72.8 cm³/mol. The highest BCUT2D eigenvalue weighted by atomic mass is 16.5. The van der Waals surface area contributed by atoms with Crippen molar-refractivity contribution in [2.45, 2.75) is 58.5 Å². The van der Waals surface area contributed by atoms with E-state index < -0.39 is 6.04 Å². The van der Waals surface area contributed by atoms with E-state index in [-0.39, 0.29) is 5.97 Å². The largest absolute Gasteiger partial charge is 0.465 e. The van der Waals surface area contributed by atoms with Crippen molar-refractivity contribution in [1.82, 2.24) is 15.5 Å². The van der Waals surface area contributed by atoms with Crippen LogP contribution in [0.25, 0.3) is 0 Å². The quantitative estimate of drug-likeness (QED) is 0.801. The van der Waals surface area contributed by atoms with Gasteiger partial charge in [0.1, 0.15) is 6.04 Å². The van der Waals surface area contributed by atoms with Gasteiger partial charge in [0.25, 0.3) is 0 Å². The van der Waals surface area contributed by atoms with Gasteiger partial charge in [-0.1, -0.05) is 12.8 Å². The summed E-state index contributed by atoms with van der Waals surface area (Å²) < 4.78 is 5.21. The van der Waals surface area contributed by atoms with Crippen LogP contribution in [-0.2, 0) is 9.53 Å². The molecule has 5 nitrogen and oxygen atoms in total. The molecule has 0 aliphatic heterocycles. The molecule has 0 aromatic carbocycles. The molecule has 1 unspecified atom stereocenters. The van der Waals surface area contributed by atoms with Gasteiger partial charge in [-0.2, -0.15) is 5.10 Å². The standard InChI is InChI=1S/C14H23N3O2/c1-4-19-14(18)13(15-11-7-5-6-8-11)12-9(2)16-17-10(12)3/h11,13,15H,4-8H2,1-3H3,(H,16,17). The molecule has 0 bridgehead atoms. The summed E-state index contributed by atoms with van der Waals surface area (Å²) in [4.78, 5) is 12.2. The van der Waals surface area contributed by atoms with Gasteiger partial charge in [0.2, 0.25) is 0 Å². The zero-order valence-corrected chi connectivity index (χ0v) is 12.0. The number of carbonyl (C=O) groups is 1. The summed E-state index contributed by atoms with van der Waals surface area (Å²) in [5, 5.41) is 10.6. The first-order valence-electron chi connectivity index (χ1n) is 7.07. The molecule has 1 fully saturated rings. The summed E-state index contributed by atoms with van der Waals surface area (Å²) >= 11 is 0. The van der Waals surface area contributed by atoms with Crippen molar-refractivity contribution in [3.05, 3.63) is 17.0 Å². The van der Waals surface area contributed by atoms with Crippen LogP contribution in [0, 0.1) is 13.8 Å². The molecule has 0 amide bonds. The molecule has 106 valence electrons. The van der Waals surface area contributed by atoms with Gasteiger partial charge in [0, 0.05) is 17.3 Å². The van der Waals surface area contributed by atoms with Crippen molar-refractivity contribution in [2.75, 3.05) is 6.61 Å². The molecule has 2 N–H and O–H groups in total. The third-order valence-corrected chi connectivity index (χ3v) is 3.75. The molecule has 0 radical (unpaired) electrons. The topological polar surface area (TPSA) is 67.0 Å². The van der Waals surface area contributed by atoms with Crippen LogP contribution in [0.5, 0.6) is 0 Å². The minimum atomic E-state index is -0.401. The normalized spacial score (nSPS) is 17.6. The van der Waals surface area contributed by atoms with Crippen LogP contribution in [-0.4, -0.2) is 28.8 Å². The number of rotatable bonds is 5. The lowest BCUT2D eigenvalue weighted by Crippen LogP contribution is -2.37. The summed E-state index contributed by atoms with van der Waals surface area (Å²) in [5.41, 5.74) is 2.73. The molecular weight excluding hydrogens is 242 g/mol. The zero-order valence-electron chi connectivity index (χ0n) is 12.0. The van der Waals surface area contributed by atoms with E-state index in [1.54, 1.807) is 0 Å². The highest BCUT2D eigenvalue weighted by Crippen LogP contribution is 2.26. The molecule has 1 aliphatic rings. The Labute approximate surface area is 114 Å². The molecule has 2 rings (SSSR count). The van der Waals surface area contributed by atoms with Crippen molar-refractivity contribution in [1.29, 1.82) is 0 Å². The van der Waals surface area contributed by atoms with Gasteiger partial charge in [0.15, 0.2) is 0 Å². The molecule has 0 saturated heterocycles.